The summed E-state index contributed by atoms with van der Waals surface area (Å²) in [5.41, 5.74) is 0.952. The lowest BCUT2D eigenvalue weighted by molar-refractivity contribution is 0.355. The molecule has 0 aliphatic rings. The van der Waals surface area contributed by atoms with Gasteiger partial charge in [-0.2, -0.15) is 10.2 Å². The molecular weight excluding hydrogens is 270 g/mol. The Morgan fingerprint density at radius 1 is 1.35 bits per heavy atom. The molecule has 5 heteroatoms. The Labute approximate surface area is 123 Å². The van der Waals surface area contributed by atoms with Gasteiger partial charge in [-0.3, -0.25) is 0 Å². The summed E-state index contributed by atoms with van der Waals surface area (Å²) in [6, 6.07) is 10.3. The van der Waals surface area contributed by atoms with Gasteiger partial charge < -0.3 is 4.52 Å². The normalized spacial score (nSPS) is 12.1. The van der Waals surface area contributed by atoms with Gasteiger partial charge in [0.1, 0.15) is 0 Å². The second-order valence-corrected chi connectivity index (χ2v) is 5.85. The highest BCUT2D eigenvalue weighted by molar-refractivity contribution is 7.99. The largest absolute Gasteiger partial charge is 0.339 e. The van der Waals surface area contributed by atoms with Crippen LogP contribution in [0.5, 0.6) is 0 Å². The molecule has 0 radical (unpaired) electrons. The minimum Gasteiger partial charge on any atom is -0.339 e. The number of rotatable bonds is 6. The van der Waals surface area contributed by atoms with Crippen molar-refractivity contribution in [3.05, 3.63) is 30.2 Å². The molecule has 0 bridgehead atoms. The molecule has 1 aromatic carbocycles. The van der Waals surface area contributed by atoms with E-state index in [1.807, 2.05) is 19.1 Å². The summed E-state index contributed by atoms with van der Waals surface area (Å²) in [4.78, 5) is 5.65. The molecule has 0 spiro atoms. The van der Waals surface area contributed by atoms with Crippen molar-refractivity contribution in [1.82, 2.24) is 10.1 Å². The zero-order chi connectivity index (χ0) is 14.4. The van der Waals surface area contributed by atoms with Crippen LogP contribution in [-0.2, 0) is 0 Å². The number of hydrogen-bond acceptors (Lipinski definition) is 5. The minimum atomic E-state index is 0.117. The van der Waals surface area contributed by atoms with Gasteiger partial charge >= 0.3 is 0 Å². The van der Waals surface area contributed by atoms with E-state index in [1.165, 1.54) is 4.90 Å². The molecule has 0 fully saturated rings. The second-order valence-electron chi connectivity index (χ2n) is 4.51. The quantitative estimate of drug-likeness (QED) is 0.743. The third-order valence-electron chi connectivity index (χ3n) is 2.98. The first kappa shape index (κ1) is 14.6. The molecule has 1 heterocycles. The molecule has 2 rings (SSSR count). The van der Waals surface area contributed by atoms with Gasteiger partial charge in [-0.25, -0.2) is 0 Å². The molecule has 1 aromatic heterocycles. The van der Waals surface area contributed by atoms with Crippen LogP contribution in [0, 0.1) is 11.3 Å². The molecule has 20 heavy (non-hydrogen) atoms. The average Bonchev–Trinajstić information content (AvgIpc) is 2.96. The van der Waals surface area contributed by atoms with Crippen molar-refractivity contribution < 1.29 is 4.52 Å². The maximum Gasteiger partial charge on any atom is 0.229 e. The number of benzene rings is 1. The maximum atomic E-state index is 8.60. The van der Waals surface area contributed by atoms with Crippen molar-refractivity contribution in [3.63, 3.8) is 0 Å². The van der Waals surface area contributed by atoms with Gasteiger partial charge in [0.05, 0.1) is 6.07 Å². The van der Waals surface area contributed by atoms with E-state index in [2.05, 4.69) is 35.3 Å². The number of nitriles is 1. The number of thioether (sulfide) groups is 1. The second kappa shape index (κ2) is 7.11. The van der Waals surface area contributed by atoms with Crippen molar-refractivity contribution in [2.45, 2.75) is 37.5 Å². The fourth-order valence-corrected chi connectivity index (χ4v) is 2.49. The van der Waals surface area contributed by atoms with Crippen LogP contribution in [0.3, 0.4) is 0 Å². The summed E-state index contributed by atoms with van der Waals surface area (Å²) in [5, 5.41) is 12.6. The van der Waals surface area contributed by atoms with Crippen molar-refractivity contribution in [3.8, 4) is 17.5 Å². The van der Waals surface area contributed by atoms with Gasteiger partial charge in [0, 0.05) is 22.8 Å². The highest BCUT2D eigenvalue weighted by Crippen LogP contribution is 2.25. The van der Waals surface area contributed by atoms with Crippen molar-refractivity contribution >= 4 is 11.8 Å². The molecule has 1 unspecified atom stereocenters. The zero-order valence-electron chi connectivity index (χ0n) is 11.7. The van der Waals surface area contributed by atoms with Gasteiger partial charge in [-0.1, -0.05) is 19.0 Å². The van der Waals surface area contributed by atoms with E-state index < -0.39 is 0 Å². The fraction of sp³-hybridized carbons (Fsp3) is 0.400. The smallest absolute Gasteiger partial charge is 0.229 e. The summed E-state index contributed by atoms with van der Waals surface area (Å²) >= 11 is 1.80. The van der Waals surface area contributed by atoms with Gasteiger partial charge in [-0.05, 0) is 36.4 Å². The first-order valence-corrected chi connectivity index (χ1v) is 7.67. The summed E-state index contributed by atoms with van der Waals surface area (Å²) in [6.07, 6.45) is 1.24. The van der Waals surface area contributed by atoms with E-state index >= 15 is 0 Å². The van der Waals surface area contributed by atoms with E-state index in [4.69, 9.17) is 9.78 Å². The average molecular weight is 287 g/mol. The topological polar surface area (TPSA) is 62.7 Å². The first-order chi connectivity index (χ1) is 9.74. The predicted octanol–water partition coefficient (Wildman–Crippen LogP) is 4.26. The standard InChI is InChI=1S/C15H17N3OS/c1-3-20-13-8-6-12(7-9-13)14-17-15(19-18-14)11(2)5-4-10-16/h6-9,11H,3-5H2,1-2H3. The monoisotopic (exact) mass is 287 g/mol. The fourth-order valence-electron chi connectivity index (χ4n) is 1.82. The zero-order valence-corrected chi connectivity index (χ0v) is 12.5. The Balaban J connectivity index is 2.10. The molecule has 0 saturated heterocycles. The highest BCUT2D eigenvalue weighted by atomic mass is 32.2. The Bertz CT molecular complexity index is 586. The summed E-state index contributed by atoms with van der Waals surface area (Å²) in [7, 11) is 0. The predicted molar refractivity (Wildman–Crippen MR) is 79.4 cm³/mol. The maximum absolute atomic E-state index is 8.60. The van der Waals surface area contributed by atoms with Gasteiger partial charge in [0.25, 0.3) is 0 Å². The van der Waals surface area contributed by atoms with Crippen LogP contribution in [0.1, 0.15) is 38.5 Å². The Morgan fingerprint density at radius 3 is 2.75 bits per heavy atom. The van der Waals surface area contributed by atoms with E-state index in [0.29, 0.717) is 18.1 Å². The van der Waals surface area contributed by atoms with Gasteiger partial charge in [-0.15, -0.1) is 11.8 Å². The van der Waals surface area contributed by atoms with E-state index in [1.54, 1.807) is 11.8 Å². The lowest BCUT2D eigenvalue weighted by Crippen LogP contribution is -1.93. The molecule has 4 nitrogen and oxygen atoms in total. The van der Waals surface area contributed by atoms with Crippen LogP contribution in [-0.4, -0.2) is 15.9 Å². The van der Waals surface area contributed by atoms with E-state index in [0.717, 1.165) is 17.7 Å². The van der Waals surface area contributed by atoms with E-state index in [9.17, 15) is 0 Å². The lowest BCUT2D eigenvalue weighted by Gasteiger charge is -2.01. The van der Waals surface area contributed by atoms with Crippen LogP contribution in [0.15, 0.2) is 33.7 Å². The van der Waals surface area contributed by atoms with Gasteiger partial charge in [0.15, 0.2) is 0 Å². The van der Waals surface area contributed by atoms with Crippen molar-refractivity contribution in [2.24, 2.45) is 0 Å². The first-order valence-electron chi connectivity index (χ1n) is 6.68. The van der Waals surface area contributed by atoms with Gasteiger partial charge in [0.2, 0.25) is 11.7 Å². The third-order valence-corrected chi connectivity index (χ3v) is 3.87. The van der Waals surface area contributed by atoms with E-state index in [-0.39, 0.29) is 5.92 Å². The molecule has 1 atom stereocenters. The molecule has 2 aromatic rings. The van der Waals surface area contributed by atoms with Crippen molar-refractivity contribution in [1.29, 1.82) is 5.26 Å². The van der Waals surface area contributed by atoms with Crippen LogP contribution < -0.4 is 0 Å². The Kier molecular flexibility index (Phi) is 5.19. The molecule has 104 valence electrons. The minimum absolute atomic E-state index is 0.117. The SMILES string of the molecule is CCSc1ccc(-c2noc(C(C)CCC#N)n2)cc1. The van der Waals surface area contributed by atoms with Crippen LogP contribution >= 0.6 is 11.8 Å². The number of nitrogens with zero attached hydrogens (tertiary/aromatic N) is 3. The summed E-state index contributed by atoms with van der Waals surface area (Å²) in [5.74, 6) is 2.38. The molecule has 0 aliphatic heterocycles. The number of hydrogen-bond donors (Lipinski definition) is 0. The number of aromatic nitrogens is 2. The lowest BCUT2D eigenvalue weighted by atomic mass is 10.1. The Morgan fingerprint density at radius 2 is 2.10 bits per heavy atom. The van der Waals surface area contributed by atoms with Crippen LogP contribution in [0.4, 0.5) is 0 Å². The Hall–Kier alpha value is -1.80. The van der Waals surface area contributed by atoms with Crippen LogP contribution in [0.25, 0.3) is 11.4 Å². The molecule has 0 aliphatic carbocycles. The summed E-state index contributed by atoms with van der Waals surface area (Å²) in [6.45, 7) is 4.13. The highest BCUT2D eigenvalue weighted by Gasteiger charge is 2.14. The molecular formula is C15H17N3OS. The molecule has 0 amide bonds. The third kappa shape index (κ3) is 3.61. The molecule has 0 N–H and O–H groups in total. The summed E-state index contributed by atoms with van der Waals surface area (Å²) < 4.78 is 5.28. The van der Waals surface area contributed by atoms with Crippen molar-refractivity contribution in [2.75, 3.05) is 5.75 Å². The molecule has 0 saturated carbocycles. The van der Waals surface area contributed by atoms with Crippen LogP contribution in [0.2, 0.25) is 0 Å².